The van der Waals surface area contributed by atoms with Crippen LogP contribution in [-0.4, -0.2) is 30.4 Å². The molecule has 0 atom stereocenters. The molecule has 4 rings (SSSR count). The number of aliphatic hydroxyl groups is 1. The average molecular weight is 336 g/mol. The SMILES string of the molecule is CCn1c(=O)n(Cc2nc3ccccc3n2CCO)c2ccccc21. The smallest absolute Gasteiger partial charge is 0.329 e. The molecule has 0 aliphatic heterocycles. The Hall–Kier alpha value is -2.86. The van der Waals surface area contributed by atoms with Crippen LogP contribution in [0, 0.1) is 0 Å². The Labute approximate surface area is 144 Å². The average Bonchev–Trinajstić information content (AvgIpc) is 3.11. The van der Waals surface area contributed by atoms with Crippen molar-refractivity contribution in [3.63, 3.8) is 0 Å². The summed E-state index contributed by atoms with van der Waals surface area (Å²) in [7, 11) is 0. The number of fused-ring (bicyclic) bond motifs is 2. The molecular weight excluding hydrogens is 316 g/mol. The first kappa shape index (κ1) is 15.7. The van der Waals surface area contributed by atoms with Crippen molar-refractivity contribution in [1.82, 2.24) is 18.7 Å². The molecule has 0 bridgehead atoms. The summed E-state index contributed by atoms with van der Waals surface area (Å²) in [5.41, 5.74) is 3.64. The Balaban J connectivity index is 1.90. The maximum Gasteiger partial charge on any atom is 0.329 e. The lowest BCUT2D eigenvalue weighted by Crippen LogP contribution is -2.25. The summed E-state index contributed by atoms with van der Waals surface area (Å²) in [5, 5.41) is 9.44. The molecule has 0 saturated heterocycles. The largest absolute Gasteiger partial charge is 0.395 e. The molecule has 2 aromatic carbocycles. The lowest BCUT2D eigenvalue weighted by atomic mass is 10.3. The summed E-state index contributed by atoms with van der Waals surface area (Å²) in [5.74, 6) is 0.774. The van der Waals surface area contributed by atoms with Crippen LogP contribution >= 0.6 is 0 Å². The van der Waals surface area contributed by atoms with E-state index in [0.29, 0.717) is 19.6 Å². The molecule has 6 heteroatoms. The number of para-hydroxylation sites is 4. The Kier molecular flexibility index (Phi) is 3.89. The number of imidazole rings is 2. The van der Waals surface area contributed by atoms with Gasteiger partial charge in [0.25, 0.3) is 0 Å². The van der Waals surface area contributed by atoms with Gasteiger partial charge in [-0.15, -0.1) is 0 Å². The van der Waals surface area contributed by atoms with Crippen molar-refractivity contribution in [2.24, 2.45) is 0 Å². The molecule has 0 radical (unpaired) electrons. The van der Waals surface area contributed by atoms with Gasteiger partial charge in [0.1, 0.15) is 5.82 Å². The second kappa shape index (κ2) is 6.22. The van der Waals surface area contributed by atoms with Crippen LogP contribution in [0.3, 0.4) is 0 Å². The van der Waals surface area contributed by atoms with Gasteiger partial charge in [-0.05, 0) is 31.2 Å². The van der Waals surface area contributed by atoms with Crippen LogP contribution in [-0.2, 0) is 19.6 Å². The van der Waals surface area contributed by atoms with Gasteiger partial charge in [-0.3, -0.25) is 9.13 Å². The number of hydrogen-bond acceptors (Lipinski definition) is 3. The topological polar surface area (TPSA) is 65.0 Å². The Morgan fingerprint density at radius 3 is 2.24 bits per heavy atom. The van der Waals surface area contributed by atoms with Gasteiger partial charge in [-0.1, -0.05) is 24.3 Å². The van der Waals surface area contributed by atoms with Gasteiger partial charge < -0.3 is 9.67 Å². The van der Waals surface area contributed by atoms with Gasteiger partial charge in [0.15, 0.2) is 0 Å². The lowest BCUT2D eigenvalue weighted by molar-refractivity contribution is 0.275. The maximum atomic E-state index is 12.8. The van der Waals surface area contributed by atoms with E-state index in [9.17, 15) is 9.90 Å². The van der Waals surface area contributed by atoms with E-state index in [4.69, 9.17) is 4.98 Å². The molecule has 2 heterocycles. The van der Waals surface area contributed by atoms with Gasteiger partial charge in [-0.25, -0.2) is 9.78 Å². The van der Waals surface area contributed by atoms with Crippen molar-refractivity contribution in [2.75, 3.05) is 6.61 Å². The molecular formula is C19H20N4O2. The first-order valence-corrected chi connectivity index (χ1v) is 8.47. The van der Waals surface area contributed by atoms with E-state index in [-0.39, 0.29) is 12.3 Å². The zero-order chi connectivity index (χ0) is 17.4. The quantitative estimate of drug-likeness (QED) is 0.608. The Morgan fingerprint density at radius 1 is 0.920 bits per heavy atom. The van der Waals surface area contributed by atoms with Crippen LogP contribution in [0.25, 0.3) is 22.1 Å². The van der Waals surface area contributed by atoms with E-state index < -0.39 is 0 Å². The van der Waals surface area contributed by atoms with Crippen LogP contribution in [0.4, 0.5) is 0 Å². The normalized spacial score (nSPS) is 11.6. The summed E-state index contributed by atoms with van der Waals surface area (Å²) in [6, 6.07) is 15.6. The monoisotopic (exact) mass is 336 g/mol. The number of aliphatic hydroxyl groups excluding tert-OH is 1. The fourth-order valence-electron chi connectivity index (χ4n) is 3.47. The Morgan fingerprint density at radius 2 is 1.56 bits per heavy atom. The predicted molar refractivity (Wildman–Crippen MR) is 97.8 cm³/mol. The summed E-state index contributed by atoms with van der Waals surface area (Å²) in [6.45, 7) is 3.45. The van der Waals surface area contributed by atoms with Gasteiger partial charge in [-0.2, -0.15) is 0 Å². The molecule has 0 spiro atoms. The third-order valence-corrected chi connectivity index (χ3v) is 4.60. The lowest BCUT2D eigenvalue weighted by Gasteiger charge is -2.08. The minimum atomic E-state index is -0.0358. The van der Waals surface area contributed by atoms with E-state index in [1.165, 1.54) is 0 Å². The molecule has 1 N–H and O–H groups in total. The van der Waals surface area contributed by atoms with E-state index in [0.717, 1.165) is 27.9 Å². The highest BCUT2D eigenvalue weighted by Crippen LogP contribution is 2.19. The van der Waals surface area contributed by atoms with Crippen molar-refractivity contribution in [3.8, 4) is 0 Å². The minimum absolute atomic E-state index is 0.0268. The molecule has 0 fully saturated rings. The fourth-order valence-corrected chi connectivity index (χ4v) is 3.47. The number of aromatic nitrogens is 4. The van der Waals surface area contributed by atoms with E-state index in [2.05, 4.69) is 0 Å². The molecule has 0 amide bonds. The molecule has 0 aliphatic carbocycles. The highest BCUT2D eigenvalue weighted by atomic mass is 16.3. The van der Waals surface area contributed by atoms with Crippen molar-refractivity contribution in [2.45, 2.75) is 26.6 Å². The first-order valence-electron chi connectivity index (χ1n) is 8.47. The summed E-state index contributed by atoms with van der Waals surface area (Å²) in [4.78, 5) is 17.5. The second-order valence-electron chi connectivity index (χ2n) is 5.99. The number of aryl methyl sites for hydroxylation is 1. The standard InChI is InChI=1S/C19H20N4O2/c1-2-21-16-9-5-6-10-17(16)23(19(21)25)13-18-20-14-7-3-4-8-15(14)22(18)11-12-24/h3-10,24H,2,11-13H2,1H3. The maximum absolute atomic E-state index is 12.8. The van der Waals surface area contributed by atoms with Crippen molar-refractivity contribution in [3.05, 3.63) is 64.8 Å². The van der Waals surface area contributed by atoms with Gasteiger partial charge in [0.05, 0.1) is 35.2 Å². The fraction of sp³-hybridized carbons (Fsp3) is 0.263. The summed E-state index contributed by atoms with van der Waals surface area (Å²) in [6.07, 6.45) is 0. The summed E-state index contributed by atoms with van der Waals surface area (Å²) < 4.78 is 5.52. The van der Waals surface area contributed by atoms with Crippen LogP contribution in [0.15, 0.2) is 53.3 Å². The molecule has 0 unspecified atom stereocenters. The second-order valence-corrected chi connectivity index (χ2v) is 5.99. The molecule has 2 aromatic heterocycles. The predicted octanol–water partition coefficient (Wildman–Crippen LogP) is 2.21. The summed E-state index contributed by atoms with van der Waals surface area (Å²) >= 11 is 0. The molecule has 128 valence electrons. The van der Waals surface area contributed by atoms with E-state index in [1.807, 2.05) is 60.0 Å². The van der Waals surface area contributed by atoms with Crippen molar-refractivity contribution >= 4 is 22.1 Å². The third kappa shape index (κ3) is 2.46. The van der Waals surface area contributed by atoms with Crippen LogP contribution in [0.1, 0.15) is 12.7 Å². The molecule has 0 aliphatic rings. The number of hydrogen-bond donors (Lipinski definition) is 1. The number of nitrogens with zero attached hydrogens (tertiary/aromatic N) is 4. The van der Waals surface area contributed by atoms with Crippen LogP contribution in [0.2, 0.25) is 0 Å². The van der Waals surface area contributed by atoms with Crippen molar-refractivity contribution in [1.29, 1.82) is 0 Å². The van der Waals surface area contributed by atoms with Gasteiger partial charge in [0.2, 0.25) is 0 Å². The molecule has 4 aromatic rings. The van der Waals surface area contributed by atoms with Gasteiger partial charge in [0, 0.05) is 13.1 Å². The van der Waals surface area contributed by atoms with Gasteiger partial charge >= 0.3 is 5.69 Å². The highest BCUT2D eigenvalue weighted by molar-refractivity contribution is 5.77. The Bertz CT molecular complexity index is 1100. The van der Waals surface area contributed by atoms with E-state index >= 15 is 0 Å². The number of benzene rings is 2. The highest BCUT2D eigenvalue weighted by Gasteiger charge is 2.16. The molecule has 25 heavy (non-hydrogen) atoms. The molecule has 6 nitrogen and oxygen atoms in total. The van der Waals surface area contributed by atoms with E-state index in [1.54, 1.807) is 9.13 Å². The first-order chi connectivity index (χ1) is 12.2. The van der Waals surface area contributed by atoms with Crippen LogP contribution < -0.4 is 5.69 Å². The van der Waals surface area contributed by atoms with Crippen molar-refractivity contribution < 1.29 is 5.11 Å². The minimum Gasteiger partial charge on any atom is -0.395 e. The zero-order valence-corrected chi connectivity index (χ0v) is 14.1. The third-order valence-electron chi connectivity index (χ3n) is 4.60. The zero-order valence-electron chi connectivity index (χ0n) is 14.1. The van der Waals surface area contributed by atoms with Crippen LogP contribution in [0.5, 0.6) is 0 Å². The number of rotatable bonds is 5. The molecule has 0 saturated carbocycles.